The minimum absolute atomic E-state index is 0.138. The molecule has 0 radical (unpaired) electrons. The zero-order chi connectivity index (χ0) is 17.4. The van der Waals surface area contributed by atoms with Gasteiger partial charge < -0.3 is 21.1 Å². The Morgan fingerprint density at radius 2 is 1.59 bits per heavy atom. The first kappa shape index (κ1) is 20.4. The number of nitrogens with two attached hydrogens (primary N) is 1. The molecule has 0 saturated heterocycles. The molecule has 128 valence electrons. The second kappa shape index (κ2) is 9.40. The smallest absolute Gasteiger partial charge is 0.326 e. The average molecular weight is 315 g/mol. The van der Waals surface area contributed by atoms with Gasteiger partial charge in [0.2, 0.25) is 11.8 Å². The van der Waals surface area contributed by atoms with E-state index in [1.54, 1.807) is 0 Å². The van der Waals surface area contributed by atoms with Crippen molar-refractivity contribution < 1.29 is 19.5 Å². The van der Waals surface area contributed by atoms with E-state index in [0.29, 0.717) is 12.8 Å². The predicted molar refractivity (Wildman–Crippen MR) is 84.1 cm³/mol. The number of nitrogens with one attached hydrogen (secondary N) is 1. The Balaban J connectivity index is 5.14. The average Bonchev–Trinajstić information content (AvgIpc) is 2.41. The van der Waals surface area contributed by atoms with Gasteiger partial charge >= 0.3 is 5.97 Å². The van der Waals surface area contributed by atoms with Crippen LogP contribution in [0, 0.1) is 11.8 Å². The highest BCUT2D eigenvalue weighted by atomic mass is 16.4. The lowest BCUT2D eigenvalue weighted by molar-refractivity contribution is -0.151. The number of amides is 2. The van der Waals surface area contributed by atoms with Gasteiger partial charge in [0.1, 0.15) is 12.1 Å². The van der Waals surface area contributed by atoms with Crippen molar-refractivity contribution in [3.63, 3.8) is 0 Å². The van der Waals surface area contributed by atoms with E-state index < -0.39 is 29.9 Å². The number of rotatable bonds is 9. The monoisotopic (exact) mass is 315 g/mol. The van der Waals surface area contributed by atoms with Crippen LogP contribution in [0.3, 0.4) is 0 Å². The lowest BCUT2D eigenvalue weighted by Gasteiger charge is -2.30. The molecule has 0 heterocycles. The van der Waals surface area contributed by atoms with E-state index in [1.807, 2.05) is 27.7 Å². The molecule has 0 rings (SSSR count). The third-order valence-corrected chi connectivity index (χ3v) is 3.32. The molecule has 7 nitrogen and oxygen atoms in total. The summed E-state index contributed by atoms with van der Waals surface area (Å²) < 4.78 is 0. The Labute approximate surface area is 132 Å². The van der Waals surface area contributed by atoms with Crippen molar-refractivity contribution in [2.45, 2.75) is 52.6 Å². The second-order valence-electron chi connectivity index (χ2n) is 6.39. The van der Waals surface area contributed by atoms with Crippen LogP contribution in [0.5, 0.6) is 0 Å². The van der Waals surface area contributed by atoms with E-state index in [2.05, 4.69) is 5.32 Å². The summed E-state index contributed by atoms with van der Waals surface area (Å²) in [7, 11) is 1.46. The van der Waals surface area contributed by atoms with E-state index in [1.165, 1.54) is 11.9 Å². The van der Waals surface area contributed by atoms with Gasteiger partial charge in [-0.3, -0.25) is 9.59 Å². The Morgan fingerprint density at radius 3 is 1.95 bits per heavy atom. The number of carbonyl (C=O) groups is 3. The van der Waals surface area contributed by atoms with Gasteiger partial charge in [0.05, 0.1) is 6.54 Å². The molecule has 0 bridgehead atoms. The van der Waals surface area contributed by atoms with Crippen LogP contribution in [-0.4, -0.2) is 53.5 Å². The molecular formula is C15H29N3O4. The van der Waals surface area contributed by atoms with Gasteiger partial charge in [-0.15, -0.1) is 0 Å². The molecule has 2 atom stereocenters. The van der Waals surface area contributed by atoms with Crippen LogP contribution in [0.2, 0.25) is 0 Å². The molecule has 0 unspecified atom stereocenters. The summed E-state index contributed by atoms with van der Waals surface area (Å²) in [5.41, 5.74) is 5.27. The first-order valence-electron chi connectivity index (χ1n) is 7.59. The molecule has 0 aromatic carbocycles. The molecule has 0 aromatic heterocycles. The van der Waals surface area contributed by atoms with Crippen molar-refractivity contribution in [1.29, 1.82) is 0 Å². The fraction of sp³-hybridized carbons (Fsp3) is 0.800. The largest absolute Gasteiger partial charge is 0.480 e. The Bertz CT molecular complexity index is 396. The van der Waals surface area contributed by atoms with E-state index >= 15 is 0 Å². The Hall–Kier alpha value is -1.63. The maximum absolute atomic E-state index is 12.6. The molecule has 4 N–H and O–H groups in total. The van der Waals surface area contributed by atoms with Crippen LogP contribution in [0.25, 0.3) is 0 Å². The van der Waals surface area contributed by atoms with E-state index in [4.69, 9.17) is 5.73 Å². The number of carboxylic acids is 1. The highest BCUT2D eigenvalue weighted by molar-refractivity contribution is 5.90. The van der Waals surface area contributed by atoms with Gasteiger partial charge in [-0.2, -0.15) is 0 Å². The minimum Gasteiger partial charge on any atom is -0.480 e. The highest BCUT2D eigenvalue weighted by Crippen LogP contribution is 2.14. The molecule has 22 heavy (non-hydrogen) atoms. The molecule has 0 aromatic rings. The van der Waals surface area contributed by atoms with Gasteiger partial charge in [-0.25, -0.2) is 4.79 Å². The van der Waals surface area contributed by atoms with Crippen LogP contribution in [0.1, 0.15) is 40.5 Å². The molecule has 0 aliphatic carbocycles. The van der Waals surface area contributed by atoms with E-state index in [-0.39, 0.29) is 18.4 Å². The molecule has 0 aliphatic rings. The third kappa shape index (κ3) is 6.89. The quantitative estimate of drug-likeness (QED) is 0.571. The van der Waals surface area contributed by atoms with Crippen LogP contribution in [0.4, 0.5) is 0 Å². The minimum atomic E-state index is -1.04. The summed E-state index contributed by atoms with van der Waals surface area (Å²) in [6.45, 7) is 7.45. The van der Waals surface area contributed by atoms with E-state index in [9.17, 15) is 19.5 Å². The van der Waals surface area contributed by atoms with Crippen LogP contribution < -0.4 is 11.1 Å². The summed E-state index contributed by atoms with van der Waals surface area (Å²) in [5, 5.41) is 11.9. The van der Waals surface area contributed by atoms with Gasteiger partial charge in [0, 0.05) is 7.05 Å². The molecule has 0 aliphatic heterocycles. The third-order valence-electron chi connectivity index (χ3n) is 3.32. The SMILES string of the molecule is CC(C)C[C@H](NC(=O)CN)C(=O)N(C)[C@@H](CC(C)C)C(=O)O. The lowest BCUT2D eigenvalue weighted by Crippen LogP contribution is -2.53. The van der Waals surface area contributed by atoms with Crippen LogP contribution in [0.15, 0.2) is 0 Å². The van der Waals surface area contributed by atoms with Crippen molar-refractivity contribution in [2.75, 3.05) is 13.6 Å². The first-order chi connectivity index (χ1) is 10.1. The number of nitrogens with zero attached hydrogens (tertiary/aromatic N) is 1. The van der Waals surface area contributed by atoms with E-state index in [0.717, 1.165) is 0 Å². The fourth-order valence-electron chi connectivity index (χ4n) is 2.22. The number of hydrogen-bond donors (Lipinski definition) is 3. The fourth-order valence-corrected chi connectivity index (χ4v) is 2.22. The standard InChI is InChI=1S/C15H29N3O4/c1-9(2)6-11(17-13(19)8-16)14(20)18(5)12(15(21)22)7-10(3)4/h9-12H,6-8,16H2,1-5H3,(H,17,19)(H,21,22)/t11-,12-/m0/s1. The summed E-state index contributed by atoms with van der Waals surface area (Å²) in [6.07, 6.45) is 0.791. The number of likely N-dealkylation sites (N-methyl/N-ethyl adjacent to an activating group) is 1. The molecular weight excluding hydrogens is 286 g/mol. The zero-order valence-corrected chi connectivity index (χ0v) is 14.1. The van der Waals surface area contributed by atoms with Gasteiger partial charge in [-0.05, 0) is 24.7 Å². The van der Waals surface area contributed by atoms with Crippen molar-refractivity contribution in [2.24, 2.45) is 17.6 Å². The number of aliphatic carboxylic acids is 1. The maximum Gasteiger partial charge on any atom is 0.326 e. The Morgan fingerprint density at radius 1 is 1.09 bits per heavy atom. The Kier molecular flexibility index (Phi) is 8.70. The topological polar surface area (TPSA) is 113 Å². The molecule has 0 fully saturated rings. The summed E-state index contributed by atoms with van der Waals surface area (Å²) in [6, 6.07) is -1.66. The summed E-state index contributed by atoms with van der Waals surface area (Å²) in [4.78, 5) is 36.7. The van der Waals surface area contributed by atoms with Crippen molar-refractivity contribution in [1.82, 2.24) is 10.2 Å². The molecule has 0 spiro atoms. The van der Waals surface area contributed by atoms with Gasteiger partial charge in [0.25, 0.3) is 0 Å². The van der Waals surface area contributed by atoms with Gasteiger partial charge in [0.15, 0.2) is 0 Å². The summed E-state index contributed by atoms with van der Waals surface area (Å²) in [5.74, 6) is -1.56. The molecule has 7 heteroatoms. The normalized spacial score (nSPS) is 13.8. The second-order valence-corrected chi connectivity index (χ2v) is 6.39. The number of hydrogen-bond acceptors (Lipinski definition) is 4. The number of carbonyl (C=O) groups excluding carboxylic acids is 2. The van der Waals surface area contributed by atoms with Crippen molar-refractivity contribution in [3.05, 3.63) is 0 Å². The molecule has 0 saturated carbocycles. The first-order valence-corrected chi connectivity index (χ1v) is 7.59. The zero-order valence-electron chi connectivity index (χ0n) is 14.1. The summed E-state index contributed by atoms with van der Waals surface area (Å²) >= 11 is 0. The van der Waals surface area contributed by atoms with Crippen molar-refractivity contribution >= 4 is 17.8 Å². The highest BCUT2D eigenvalue weighted by Gasteiger charge is 2.32. The lowest BCUT2D eigenvalue weighted by atomic mass is 9.99. The maximum atomic E-state index is 12.6. The van der Waals surface area contributed by atoms with Crippen LogP contribution in [-0.2, 0) is 14.4 Å². The van der Waals surface area contributed by atoms with Gasteiger partial charge in [-0.1, -0.05) is 27.7 Å². The number of carboxylic acid groups (broad SMARTS) is 1. The van der Waals surface area contributed by atoms with Crippen molar-refractivity contribution in [3.8, 4) is 0 Å². The van der Waals surface area contributed by atoms with Crippen LogP contribution >= 0.6 is 0 Å². The molecule has 2 amide bonds. The predicted octanol–water partition coefficient (Wildman–Crippen LogP) is 0.434.